The van der Waals surface area contributed by atoms with Crippen molar-refractivity contribution in [2.45, 2.75) is 32.4 Å². The van der Waals surface area contributed by atoms with Gasteiger partial charge in [0.25, 0.3) is 8.32 Å². The maximum Gasteiger partial charge on any atom is 0.261 e. The lowest BCUT2D eigenvalue weighted by atomic mass is 10.2. The summed E-state index contributed by atoms with van der Waals surface area (Å²) in [6, 6.07) is 21.5. The van der Waals surface area contributed by atoms with Crippen LogP contribution in [-0.2, 0) is 11.0 Å². The molecule has 0 aliphatic rings. The smallest absolute Gasteiger partial charge is 0.261 e. The van der Waals surface area contributed by atoms with Crippen LogP contribution in [-0.4, -0.2) is 24.5 Å². The number of benzene rings is 2. The average molecular weight is 351 g/mol. The molecule has 0 atom stereocenters. The Bertz CT molecular complexity index is 725. The van der Waals surface area contributed by atoms with E-state index < -0.39 is 8.32 Å². The van der Waals surface area contributed by atoms with E-state index in [1.54, 1.807) is 0 Å². The molecule has 0 N–H and O–H groups in total. The highest BCUT2D eigenvalue weighted by molar-refractivity contribution is 6.99. The summed E-state index contributed by atoms with van der Waals surface area (Å²) in [5, 5.41) is 2.66. The van der Waals surface area contributed by atoms with Crippen molar-refractivity contribution < 1.29 is 4.43 Å². The normalized spacial score (nSPS) is 12.3. The quantitative estimate of drug-likeness (QED) is 0.637. The second-order valence-electron chi connectivity index (χ2n) is 7.31. The van der Waals surface area contributed by atoms with Crippen LogP contribution in [0.3, 0.4) is 0 Å². The van der Waals surface area contributed by atoms with Gasteiger partial charge < -0.3 is 8.99 Å². The average Bonchev–Trinajstić information content (AvgIpc) is 3.13. The predicted octanol–water partition coefficient (Wildman–Crippen LogP) is 3.46. The van der Waals surface area contributed by atoms with Gasteiger partial charge in [0, 0.05) is 18.9 Å². The number of nitrogens with zero attached hydrogens (tertiary/aromatic N) is 2. The zero-order valence-corrected chi connectivity index (χ0v) is 16.2. The first-order valence-electron chi connectivity index (χ1n) is 8.75. The van der Waals surface area contributed by atoms with E-state index in [1.165, 1.54) is 10.4 Å². The van der Waals surface area contributed by atoms with E-state index in [1.807, 2.05) is 18.7 Å². The Morgan fingerprint density at radius 3 is 1.92 bits per heavy atom. The Morgan fingerprint density at radius 1 is 0.920 bits per heavy atom. The number of hydrogen-bond acceptors (Lipinski definition) is 2. The minimum atomic E-state index is -2.42. The fraction of sp³-hybridized carbons (Fsp3) is 0.286. The molecule has 1 heterocycles. The molecular formula is C21H26N2OSi. The molecule has 25 heavy (non-hydrogen) atoms. The van der Waals surface area contributed by atoms with Crippen LogP contribution in [0.1, 0.15) is 20.8 Å². The van der Waals surface area contributed by atoms with Gasteiger partial charge in [0.1, 0.15) is 0 Å². The van der Waals surface area contributed by atoms with E-state index in [-0.39, 0.29) is 5.04 Å². The van der Waals surface area contributed by atoms with Crippen molar-refractivity contribution in [3.63, 3.8) is 0 Å². The standard InChI is InChI=1S/C21H26N2OSi/c1-21(2,3)25(19-10-6-4-7-11-19,20-12-8-5-9-13-20)24-17-16-23-15-14-22-18-23/h4-15,18H,16-17H2,1-3H3. The first-order chi connectivity index (χ1) is 12.0. The van der Waals surface area contributed by atoms with Gasteiger partial charge in [-0.25, -0.2) is 4.98 Å². The Balaban J connectivity index is 2.02. The Morgan fingerprint density at radius 2 is 1.48 bits per heavy atom. The van der Waals surface area contributed by atoms with Gasteiger partial charge in [-0.2, -0.15) is 0 Å². The lowest BCUT2D eigenvalue weighted by molar-refractivity contribution is 0.280. The Kier molecular flexibility index (Phi) is 5.21. The molecule has 0 saturated heterocycles. The molecule has 0 radical (unpaired) electrons. The van der Waals surface area contributed by atoms with Gasteiger partial charge >= 0.3 is 0 Å². The van der Waals surface area contributed by atoms with Crippen LogP contribution >= 0.6 is 0 Å². The summed E-state index contributed by atoms with van der Waals surface area (Å²) in [5.41, 5.74) is 0. The second-order valence-corrected chi connectivity index (χ2v) is 11.6. The van der Waals surface area contributed by atoms with Gasteiger partial charge in [-0.3, -0.25) is 0 Å². The summed E-state index contributed by atoms with van der Waals surface area (Å²) < 4.78 is 8.90. The summed E-state index contributed by atoms with van der Waals surface area (Å²) in [5.74, 6) is 0. The third kappa shape index (κ3) is 3.60. The van der Waals surface area contributed by atoms with Crippen molar-refractivity contribution in [3.8, 4) is 0 Å². The number of rotatable bonds is 6. The van der Waals surface area contributed by atoms with Crippen LogP contribution in [0.5, 0.6) is 0 Å². The molecule has 3 rings (SSSR count). The Hall–Kier alpha value is -2.17. The van der Waals surface area contributed by atoms with Crippen LogP contribution in [0.25, 0.3) is 0 Å². The van der Waals surface area contributed by atoms with E-state index in [4.69, 9.17) is 4.43 Å². The van der Waals surface area contributed by atoms with Crippen LogP contribution < -0.4 is 10.4 Å². The molecule has 0 spiro atoms. The van der Waals surface area contributed by atoms with Gasteiger partial charge in [0.05, 0.1) is 12.9 Å². The van der Waals surface area contributed by atoms with E-state index in [2.05, 4.69) is 91.0 Å². The summed E-state index contributed by atoms with van der Waals surface area (Å²) in [4.78, 5) is 4.12. The van der Waals surface area contributed by atoms with Gasteiger partial charge in [0.2, 0.25) is 0 Å². The minimum absolute atomic E-state index is 0.0185. The van der Waals surface area contributed by atoms with Gasteiger partial charge in [-0.05, 0) is 15.4 Å². The summed E-state index contributed by atoms with van der Waals surface area (Å²) in [6.45, 7) is 8.39. The van der Waals surface area contributed by atoms with Gasteiger partial charge in [-0.1, -0.05) is 81.4 Å². The molecule has 0 fully saturated rings. The molecule has 1 aromatic heterocycles. The fourth-order valence-electron chi connectivity index (χ4n) is 3.48. The Labute approximate surface area is 151 Å². The van der Waals surface area contributed by atoms with E-state index in [9.17, 15) is 0 Å². The molecule has 3 nitrogen and oxygen atoms in total. The molecule has 0 aliphatic heterocycles. The molecule has 0 bridgehead atoms. The monoisotopic (exact) mass is 350 g/mol. The van der Waals surface area contributed by atoms with Crippen molar-refractivity contribution in [3.05, 3.63) is 79.4 Å². The molecule has 0 aliphatic carbocycles. The maximum absolute atomic E-state index is 6.83. The molecule has 2 aromatic carbocycles. The number of imidazole rings is 1. The van der Waals surface area contributed by atoms with Crippen LogP contribution in [0.4, 0.5) is 0 Å². The molecule has 130 valence electrons. The first-order valence-corrected chi connectivity index (χ1v) is 10.7. The zero-order chi connectivity index (χ0) is 17.8. The summed E-state index contributed by atoms with van der Waals surface area (Å²) >= 11 is 0. The van der Waals surface area contributed by atoms with Crippen molar-refractivity contribution in [2.75, 3.05) is 6.61 Å². The van der Waals surface area contributed by atoms with Crippen molar-refractivity contribution in [1.82, 2.24) is 9.55 Å². The number of aromatic nitrogens is 2. The SMILES string of the molecule is CC(C)(C)[Si](OCCn1ccnc1)(c1ccccc1)c1ccccc1. The third-order valence-corrected chi connectivity index (χ3v) is 9.69. The highest BCUT2D eigenvalue weighted by atomic mass is 28.4. The van der Waals surface area contributed by atoms with Gasteiger partial charge in [-0.15, -0.1) is 0 Å². The molecule has 4 heteroatoms. The highest BCUT2D eigenvalue weighted by Crippen LogP contribution is 2.36. The molecule has 0 amide bonds. The maximum atomic E-state index is 6.83. The lowest BCUT2D eigenvalue weighted by Gasteiger charge is -2.43. The minimum Gasteiger partial charge on any atom is -0.406 e. The molecular weight excluding hydrogens is 324 g/mol. The second kappa shape index (κ2) is 7.38. The number of hydrogen-bond donors (Lipinski definition) is 0. The molecule has 0 unspecified atom stereocenters. The predicted molar refractivity (Wildman–Crippen MR) is 106 cm³/mol. The van der Waals surface area contributed by atoms with Crippen molar-refractivity contribution in [2.24, 2.45) is 0 Å². The van der Waals surface area contributed by atoms with Crippen molar-refractivity contribution >= 4 is 18.7 Å². The lowest BCUT2D eigenvalue weighted by Crippen LogP contribution is -2.66. The van der Waals surface area contributed by atoms with Crippen molar-refractivity contribution in [1.29, 1.82) is 0 Å². The van der Waals surface area contributed by atoms with Crippen LogP contribution in [0.2, 0.25) is 5.04 Å². The fourth-order valence-corrected chi connectivity index (χ4v) is 8.04. The van der Waals surface area contributed by atoms with E-state index in [0.29, 0.717) is 6.61 Å². The topological polar surface area (TPSA) is 27.1 Å². The van der Waals surface area contributed by atoms with Crippen LogP contribution in [0.15, 0.2) is 79.4 Å². The largest absolute Gasteiger partial charge is 0.406 e. The summed E-state index contributed by atoms with van der Waals surface area (Å²) in [6.07, 6.45) is 5.63. The molecule has 0 saturated carbocycles. The van der Waals surface area contributed by atoms with E-state index >= 15 is 0 Å². The molecule has 3 aromatic rings. The third-order valence-electron chi connectivity index (χ3n) is 4.64. The van der Waals surface area contributed by atoms with E-state index in [0.717, 1.165) is 6.54 Å². The zero-order valence-electron chi connectivity index (χ0n) is 15.2. The first kappa shape index (κ1) is 17.6. The summed E-state index contributed by atoms with van der Waals surface area (Å²) in [7, 11) is -2.42. The van der Waals surface area contributed by atoms with Crippen LogP contribution in [0, 0.1) is 0 Å². The van der Waals surface area contributed by atoms with Gasteiger partial charge in [0.15, 0.2) is 0 Å². The highest BCUT2D eigenvalue weighted by Gasteiger charge is 2.49.